The second kappa shape index (κ2) is 16.4. The number of hydrogen-bond acceptors (Lipinski definition) is 1. The average molecular weight is 340 g/mol. The fraction of sp³-hybridized carbons (Fsp3) is 1.00. The van der Waals surface area contributed by atoms with E-state index in [1.165, 1.54) is 109 Å². The summed E-state index contributed by atoms with van der Waals surface area (Å²) in [5.41, 5.74) is 7.22. The van der Waals surface area contributed by atoms with Crippen LogP contribution in [0.25, 0.3) is 0 Å². The lowest BCUT2D eigenvalue weighted by Gasteiger charge is -2.39. The van der Waals surface area contributed by atoms with Crippen molar-refractivity contribution in [3.8, 4) is 0 Å². The summed E-state index contributed by atoms with van der Waals surface area (Å²) in [6.45, 7) is 9.24. The molecule has 0 aromatic heterocycles. The molecule has 0 fully saturated rings. The summed E-state index contributed by atoms with van der Waals surface area (Å²) in [6.07, 6.45) is 22.9. The van der Waals surface area contributed by atoms with Crippen LogP contribution < -0.4 is 5.73 Å². The molecular weight excluding hydrogens is 290 g/mol. The van der Waals surface area contributed by atoms with Crippen molar-refractivity contribution in [3.05, 3.63) is 0 Å². The van der Waals surface area contributed by atoms with Crippen molar-refractivity contribution in [2.24, 2.45) is 11.7 Å². The summed E-state index contributed by atoms with van der Waals surface area (Å²) < 4.78 is 0. The molecular formula is C23H49N. The van der Waals surface area contributed by atoms with Crippen molar-refractivity contribution in [1.29, 1.82) is 0 Å². The zero-order valence-electron chi connectivity index (χ0n) is 17.7. The van der Waals surface area contributed by atoms with Crippen LogP contribution in [-0.2, 0) is 0 Å². The molecule has 0 amide bonds. The van der Waals surface area contributed by atoms with Gasteiger partial charge in [-0.25, -0.2) is 0 Å². The highest BCUT2D eigenvalue weighted by atomic mass is 14.8. The van der Waals surface area contributed by atoms with Crippen molar-refractivity contribution < 1.29 is 0 Å². The highest BCUT2D eigenvalue weighted by Crippen LogP contribution is 2.34. The van der Waals surface area contributed by atoms with E-state index in [0.717, 1.165) is 5.92 Å². The van der Waals surface area contributed by atoms with Gasteiger partial charge in [0.05, 0.1) is 0 Å². The molecule has 0 saturated carbocycles. The fourth-order valence-corrected chi connectivity index (χ4v) is 4.18. The van der Waals surface area contributed by atoms with Crippen molar-refractivity contribution in [1.82, 2.24) is 0 Å². The van der Waals surface area contributed by atoms with Crippen LogP contribution >= 0.6 is 0 Å². The molecule has 2 N–H and O–H groups in total. The van der Waals surface area contributed by atoms with Crippen LogP contribution in [0.3, 0.4) is 0 Å². The normalized spacial score (nSPS) is 13.4. The molecule has 0 saturated heterocycles. The van der Waals surface area contributed by atoms with Crippen LogP contribution in [0, 0.1) is 5.92 Å². The highest BCUT2D eigenvalue weighted by Gasteiger charge is 2.32. The monoisotopic (exact) mass is 339 g/mol. The van der Waals surface area contributed by atoms with Gasteiger partial charge in [-0.15, -0.1) is 0 Å². The largest absolute Gasteiger partial charge is 0.325 e. The standard InChI is InChI=1S/C23H49N/c1-5-9-12-15-19-22(18-8-4)23(24,20-16-13-10-6-2)21-17-14-11-7-3/h22H,5-21,24H2,1-4H3. The highest BCUT2D eigenvalue weighted by molar-refractivity contribution is 4.91. The van der Waals surface area contributed by atoms with E-state index in [2.05, 4.69) is 27.7 Å². The predicted octanol–water partition coefficient (Wildman–Crippen LogP) is 8.01. The van der Waals surface area contributed by atoms with Crippen molar-refractivity contribution >= 4 is 0 Å². The molecule has 24 heavy (non-hydrogen) atoms. The summed E-state index contributed by atoms with van der Waals surface area (Å²) in [5, 5.41) is 0. The minimum atomic E-state index is 0.115. The van der Waals surface area contributed by atoms with Crippen LogP contribution in [0.1, 0.15) is 137 Å². The lowest BCUT2D eigenvalue weighted by Crippen LogP contribution is -2.47. The molecule has 0 rings (SSSR count). The summed E-state index contributed by atoms with van der Waals surface area (Å²) in [5.74, 6) is 0.752. The van der Waals surface area contributed by atoms with E-state index in [-0.39, 0.29) is 5.54 Å². The van der Waals surface area contributed by atoms with Gasteiger partial charge in [0.15, 0.2) is 0 Å². The van der Waals surface area contributed by atoms with E-state index in [1.807, 2.05) is 0 Å². The summed E-state index contributed by atoms with van der Waals surface area (Å²) in [4.78, 5) is 0. The van der Waals surface area contributed by atoms with Crippen molar-refractivity contribution in [2.75, 3.05) is 0 Å². The predicted molar refractivity (Wildman–Crippen MR) is 112 cm³/mol. The second-order valence-electron chi connectivity index (χ2n) is 8.19. The molecule has 0 heterocycles. The van der Waals surface area contributed by atoms with E-state index in [0.29, 0.717) is 0 Å². The van der Waals surface area contributed by atoms with E-state index in [1.54, 1.807) is 0 Å². The van der Waals surface area contributed by atoms with Gasteiger partial charge in [0.2, 0.25) is 0 Å². The van der Waals surface area contributed by atoms with Gasteiger partial charge in [-0.1, -0.05) is 111 Å². The molecule has 0 aliphatic heterocycles. The van der Waals surface area contributed by atoms with Gasteiger partial charge >= 0.3 is 0 Å². The smallest absolute Gasteiger partial charge is 0.0182 e. The van der Waals surface area contributed by atoms with Crippen molar-refractivity contribution in [3.63, 3.8) is 0 Å². The Hall–Kier alpha value is -0.0400. The molecule has 1 heteroatoms. The maximum Gasteiger partial charge on any atom is 0.0182 e. The average Bonchev–Trinajstić information content (AvgIpc) is 2.58. The van der Waals surface area contributed by atoms with Gasteiger partial charge in [-0.3, -0.25) is 0 Å². The van der Waals surface area contributed by atoms with Crippen LogP contribution in [0.4, 0.5) is 0 Å². The lowest BCUT2D eigenvalue weighted by molar-refractivity contribution is 0.193. The minimum absolute atomic E-state index is 0.115. The molecule has 1 atom stereocenters. The van der Waals surface area contributed by atoms with Crippen LogP contribution in [0.2, 0.25) is 0 Å². The molecule has 0 aromatic carbocycles. The lowest BCUT2D eigenvalue weighted by atomic mass is 9.72. The van der Waals surface area contributed by atoms with Crippen molar-refractivity contribution in [2.45, 2.75) is 142 Å². The Balaban J connectivity index is 4.63. The number of hydrogen-bond donors (Lipinski definition) is 1. The van der Waals surface area contributed by atoms with E-state index >= 15 is 0 Å². The Kier molecular flexibility index (Phi) is 16.4. The van der Waals surface area contributed by atoms with E-state index in [4.69, 9.17) is 5.73 Å². The third-order valence-corrected chi connectivity index (χ3v) is 5.85. The number of unbranched alkanes of at least 4 members (excludes halogenated alkanes) is 9. The van der Waals surface area contributed by atoms with Gasteiger partial charge in [-0.05, 0) is 31.6 Å². The Morgan fingerprint density at radius 1 is 0.542 bits per heavy atom. The maximum atomic E-state index is 7.11. The number of nitrogens with two attached hydrogens (primary N) is 1. The molecule has 0 aromatic rings. The molecule has 0 spiro atoms. The Morgan fingerprint density at radius 2 is 1.00 bits per heavy atom. The Labute approximate surface area is 154 Å². The van der Waals surface area contributed by atoms with Gasteiger partial charge in [0, 0.05) is 5.54 Å². The second-order valence-corrected chi connectivity index (χ2v) is 8.19. The quantitative estimate of drug-likeness (QED) is 0.251. The Bertz CT molecular complexity index is 236. The molecule has 0 aliphatic carbocycles. The van der Waals surface area contributed by atoms with Crippen LogP contribution in [-0.4, -0.2) is 5.54 Å². The third-order valence-electron chi connectivity index (χ3n) is 5.85. The molecule has 0 radical (unpaired) electrons. The maximum absolute atomic E-state index is 7.11. The zero-order valence-corrected chi connectivity index (χ0v) is 17.7. The van der Waals surface area contributed by atoms with E-state index in [9.17, 15) is 0 Å². The summed E-state index contributed by atoms with van der Waals surface area (Å²) in [6, 6.07) is 0. The molecule has 146 valence electrons. The van der Waals surface area contributed by atoms with Crippen LogP contribution in [0.15, 0.2) is 0 Å². The van der Waals surface area contributed by atoms with Gasteiger partial charge in [0.25, 0.3) is 0 Å². The minimum Gasteiger partial charge on any atom is -0.325 e. The van der Waals surface area contributed by atoms with Gasteiger partial charge < -0.3 is 5.73 Å². The molecule has 0 bridgehead atoms. The SMILES string of the molecule is CCCCCCC(CCC)C(N)(CCCCCC)CCCCCC. The van der Waals surface area contributed by atoms with Gasteiger partial charge in [-0.2, -0.15) is 0 Å². The fourth-order valence-electron chi connectivity index (χ4n) is 4.18. The number of rotatable bonds is 18. The first kappa shape index (κ1) is 24.0. The summed E-state index contributed by atoms with van der Waals surface area (Å²) in [7, 11) is 0. The Morgan fingerprint density at radius 3 is 1.42 bits per heavy atom. The van der Waals surface area contributed by atoms with E-state index < -0.39 is 0 Å². The molecule has 0 aliphatic rings. The molecule has 1 unspecified atom stereocenters. The third kappa shape index (κ3) is 11.5. The first-order valence-corrected chi connectivity index (χ1v) is 11.4. The van der Waals surface area contributed by atoms with Gasteiger partial charge in [0.1, 0.15) is 0 Å². The summed E-state index contributed by atoms with van der Waals surface area (Å²) >= 11 is 0. The topological polar surface area (TPSA) is 26.0 Å². The zero-order chi connectivity index (χ0) is 18.1. The first-order chi connectivity index (χ1) is 11.6. The molecule has 1 nitrogen and oxygen atoms in total. The first-order valence-electron chi connectivity index (χ1n) is 11.4. The van der Waals surface area contributed by atoms with Crippen LogP contribution in [0.5, 0.6) is 0 Å².